The second-order valence-corrected chi connectivity index (χ2v) is 10.1. The molecule has 1 radical (unpaired) electrons. The molecule has 2 nitrogen and oxygen atoms in total. The van der Waals surface area contributed by atoms with Gasteiger partial charge in [0.05, 0.1) is 0 Å². The fourth-order valence-electron chi connectivity index (χ4n) is 5.00. The number of hydrogen-bond donors (Lipinski definition) is 0. The molecule has 0 bridgehead atoms. The van der Waals surface area contributed by atoms with Crippen LogP contribution in [0.5, 0.6) is 0 Å². The van der Waals surface area contributed by atoms with Crippen molar-refractivity contribution in [2.24, 2.45) is 0 Å². The molecule has 0 aliphatic rings. The van der Waals surface area contributed by atoms with E-state index in [1.165, 1.54) is 33.4 Å². The molecular weight excluding hydrogens is 713 g/mol. The van der Waals surface area contributed by atoms with Crippen molar-refractivity contribution in [1.29, 1.82) is 0 Å². The van der Waals surface area contributed by atoms with Crippen LogP contribution >= 0.6 is 0 Å². The number of rotatable bonds is 6. The molecule has 44 heavy (non-hydrogen) atoms. The van der Waals surface area contributed by atoms with Crippen LogP contribution in [-0.2, 0) is 26.5 Å². The maximum Gasteiger partial charge on any atom is 0.0160 e. The van der Waals surface area contributed by atoms with Gasteiger partial charge in [-0.3, -0.25) is 0 Å². The molecule has 5 aromatic carbocycles. The molecule has 0 saturated heterocycles. The minimum atomic E-state index is 0. The first-order valence-corrected chi connectivity index (χ1v) is 14.4. The average molecular weight is 743 g/mol. The molecule has 0 N–H and O–H groups in total. The number of benzene rings is 5. The minimum absolute atomic E-state index is 0. The van der Waals surface area contributed by atoms with Crippen LogP contribution in [0.2, 0.25) is 0 Å². The summed E-state index contributed by atoms with van der Waals surface area (Å²) in [4.78, 5) is 8.82. The van der Waals surface area contributed by atoms with Gasteiger partial charge < -0.3 is 9.97 Å². The van der Waals surface area contributed by atoms with Gasteiger partial charge in [-0.15, -0.1) is 64.7 Å². The van der Waals surface area contributed by atoms with Gasteiger partial charge >= 0.3 is 0 Å². The van der Waals surface area contributed by atoms with E-state index in [0.29, 0.717) is 0 Å². The van der Waals surface area contributed by atoms with E-state index in [9.17, 15) is 0 Å². The molecule has 0 atom stereocenters. The summed E-state index contributed by atoms with van der Waals surface area (Å²) in [5.41, 5.74) is 11.4. The summed E-state index contributed by atoms with van der Waals surface area (Å²) < 4.78 is 0. The fraction of sp³-hybridized carbons (Fsp3) is 0.0244. The van der Waals surface area contributed by atoms with Gasteiger partial charge in [-0.1, -0.05) is 126 Å². The molecule has 0 saturated carbocycles. The Kier molecular flexibility index (Phi) is 10.7. The van der Waals surface area contributed by atoms with Crippen molar-refractivity contribution in [2.75, 3.05) is 0 Å². The number of pyridine rings is 2. The molecule has 2 heterocycles. The van der Waals surface area contributed by atoms with E-state index in [1.807, 2.05) is 72.9 Å². The molecule has 2 aromatic heterocycles. The minimum Gasteiger partial charge on any atom is -0.305 e. The smallest absolute Gasteiger partial charge is 0.0160 e. The van der Waals surface area contributed by atoms with Crippen molar-refractivity contribution in [3.63, 3.8) is 0 Å². The van der Waals surface area contributed by atoms with Gasteiger partial charge in [-0.2, -0.15) is 0 Å². The van der Waals surface area contributed by atoms with E-state index in [2.05, 4.69) is 113 Å². The first kappa shape index (κ1) is 30.5. The first-order chi connectivity index (χ1) is 21.3. The van der Waals surface area contributed by atoms with E-state index in [4.69, 9.17) is 0 Å². The Hall–Kier alpha value is -4.95. The zero-order valence-corrected chi connectivity index (χ0v) is 26.5. The summed E-state index contributed by atoms with van der Waals surface area (Å²) in [7, 11) is 0. The fourth-order valence-corrected chi connectivity index (χ4v) is 5.00. The van der Waals surface area contributed by atoms with E-state index in [1.54, 1.807) is 6.20 Å². The molecule has 0 spiro atoms. The van der Waals surface area contributed by atoms with Crippen molar-refractivity contribution in [3.05, 3.63) is 193 Å². The van der Waals surface area contributed by atoms with Crippen molar-refractivity contribution >= 4 is 0 Å². The summed E-state index contributed by atoms with van der Waals surface area (Å²) in [6, 6.07) is 60.4. The van der Waals surface area contributed by atoms with Crippen molar-refractivity contribution in [1.82, 2.24) is 9.97 Å². The Morgan fingerprint density at radius 1 is 0.477 bits per heavy atom. The van der Waals surface area contributed by atoms with Gasteiger partial charge in [0.2, 0.25) is 0 Å². The van der Waals surface area contributed by atoms with Gasteiger partial charge in [0.25, 0.3) is 0 Å². The molecule has 0 amide bonds. The summed E-state index contributed by atoms with van der Waals surface area (Å²) in [6.45, 7) is 0. The molecule has 3 heteroatoms. The number of hydrogen-bond acceptors (Lipinski definition) is 2. The summed E-state index contributed by atoms with van der Waals surface area (Å²) in [5.74, 6) is 0. The van der Waals surface area contributed by atoms with E-state index < -0.39 is 0 Å². The Morgan fingerprint density at radius 3 is 1.61 bits per heavy atom. The maximum atomic E-state index is 4.47. The average Bonchev–Trinajstić information content (AvgIpc) is 3.11. The molecule has 0 unspecified atom stereocenters. The molecule has 0 fully saturated rings. The van der Waals surface area contributed by atoms with Gasteiger partial charge in [0.15, 0.2) is 0 Å². The summed E-state index contributed by atoms with van der Waals surface area (Å²) in [6.07, 6.45) is 4.52. The maximum absolute atomic E-state index is 4.47. The van der Waals surface area contributed by atoms with Crippen molar-refractivity contribution in [2.45, 2.75) is 6.42 Å². The third-order valence-electron chi connectivity index (χ3n) is 7.15. The largest absolute Gasteiger partial charge is 0.305 e. The first-order valence-electron chi connectivity index (χ1n) is 14.4. The predicted molar refractivity (Wildman–Crippen MR) is 177 cm³/mol. The number of aromatic nitrogens is 2. The Bertz CT molecular complexity index is 1800. The zero-order valence-electron chi connectivity index (χ0n) is 24.1. The van der Waals surface area contributed by atoms with Gasteiger partial charge in [0, 0.05) is 32.5 Å². The van der Waals surface area contributed by atoms with Crippen LogP contribution in [0, 0.1) is 12.1 Å². The molecule has 215 valence electrons. The molecule has 0 aliphatic heterocycles. The van der Waals surface area contributed by atoms with E-state index in [-0.39, 0.29) is 20.1 Å². The molecular formula is C41H30IrN2-2. The van der Waals surface area contributed by atoms with Crippen LogP contribution in [0.3, 0.4) is 0 Å². The third kappa shape index (κ3) is 7.90. The Balaban J connectivity index is 0.000000179. The topological polar surface area (TPSA) is 25.8 Å². The Labute approximate surface area is 273 Å². The van der Waals surface area contributed by atoms with Crippen molar-refractivity contribution in [3.8, 4) is 44.8 Å². The van der Waals surface area contributed by atoms with E-state index >= 15 is 0 Å². The molecule has 7 aromatic rings. The summed E-state index contributed by atoms with van der Waals surface area (Å²) in [5, 5.41) is 0. The van der Waals surface area contributed by atoms with E-state index in [0.717, 1.165) is 28.9 Å². The second-order valence-electron chi connectivity index (χ2n) is 10.1. The second kappa shape index (κ2) is 15.5. The van der Waals surface area contributed by atoms with Crippen LogP contribution in [0.25, 0.3) is 44.8 Å². The van der Waals surface area contributed by atoms with Crippen LogP contribution in [0.4, 0.5) is 0 Å². The quantitative estimate of drug-likeness (QED) is 0.159. The molecule has 7 rings (SSSR count). The summed E-state index contributed by atoms with van der Waals surface area (Å²) >= 11 is 0. The van der Waals surface area contributed by atoms with Crippen LogP contribution in [0.1, 0.15) is 11.1 Å². The van der Waals surface area contributed by atoms with Gasteiger partial charge in [0.1, 0.15) is 0 Å². The standard InChI is InChI=1S/C24H18N.C17H12N.Ir/c1-3-9-19(10-4-1)17-22-18-21(24-13-7-8-16-25-24)14-15-23(22)20-11-5-2-6-12-20;1-2-7-14(8-3-1)15-9-6-10-16(13-15)17-11-4-5-12-18-17;/h1-13,15-16,18H,17H2;1-9,11-13H;/q2*-1;. The Morgan fingerprint density at radius 2 is 1.02 bits per heavy atom. The SMILES string of the molecule is [Ir].[c-]1cc(-c2ccccc2)c(Cc2ccccc2)cc1-c1ccccn1.[c-]1ccc(-c2ccccc2)cc1-c1ccccn1. The normalized spacial score (nSPS) is 10.2. The van der Waals surface area contributed by atoms with Gasteiger partial charge in [-0.25, -0.2) is 0 Å². The molecule has 0 aliphatic carbocycles. The van der Waals surface area contributed by atoms with Crippen molar-refractivity contribution < 1.29 is 20.1 Å². The monoisotopic (exact) mass is 743 g/mol. The van der Waals surface area contributed by atoms with Crippen LogP contribution in [-0.4, -0.2) is 9.97 Å². The third-order valence-corrected chi connectivity index (χ3v) is 7.15. The zero-order chi connectivity index (χ0) is 29.1. The van der Waals surface area contributed by atoms with Crippen LogP contribution in [0.15, 0.2) is 170 Å². The number of nitrogens with zero attached hydrogens (tertiary/aromatic N) is 2. The van der Waals surface area contributed by atoms with Crippen LogP contribution < -0.4 is 0 Å². The predicted octanol–water partition coefficient (Wildman–Crippen LogP) is 10.0. The van der Waals surface area contributed by atoms with Gasteiger partial charge in [-0.05, 0) is 41.1 Å².